The zero-order valence-electron chi connectivity index (χ0n) is 15.6. The molecule has 0 radical (unpaired) electrons. The summed E-state index contributed by atoms with van der Waals surface area (Å²) >= 11 is 6.63. The van der Waals surface area contributed by atoms with Crippen molar-refractivity contribution in [3.8, 4) is 11.1 Å². The van der Waals surface area contributed by atoms with Gasteiger partial charge in [0.2, 0.25) is 0 Å². The molecule has 0 unspecified atom stereocenters. The Balaban J connectivity index is 1.67. The van der Waals surface area contributed by atoms with Crippen LogP contribution in [0.3, 0.4) is 0 Å². The van der Waals surface area contributed by atoms with E-state index in [4.69, 9.17) is 21.9 Å². The molecule has 1 saturated heterocycles. The Bertz CT molecular complexity index is 812. The number of hydrogen-bond acceptors (Lipinski definition) is 3. The van der Waals surface area contributed by atoms with Crippen LogP contribution in [0.5, 0.6) is 0 Å². The Labute approximate surface area is 165 Å². The average Bonchev–Trinajstić information content (AvgIpc) is 2.69. The number of rotatable bonds is 7. The van der Waals surface area contributed by atoms with Crippen molar-refractivity contribution in [2.75, 3.05) is 26.7 Å². The normalized spacial score (nSPS) is 15.5. The Kier molecular flexibility index (Phi) is 7.13. The molecular weight excluding hydrogens is 360 g/mol. The summed E-state index contributed by atoms with van der Waals surface area (Å²) in [5, 5.41) is 4.48. The van der Waals surface area contributed by atoms with Crippen molar-refractivity contribution in [1.29, 1.82) is 0 Å². The van der Waals surface area contributed by atoms with Gasteiger partial charge in [-0.2, -0.15) is 0 Å². The summed E-state index contributed by atoms with van der Waals surface area (Å²) in [4.78, 5) is 5.31. The molecule has 142 valence electrons. The third kappa shape index (κ3) is 5.24. The first kappa shape index (κ1) is 19.7. The predicted octanol–water partition coefficient (Wildman–Crippen LogP) is 5.68. The summed E-state index contributed by atoms with van der Waals surface area (Å²) in [6.45, 7) is 4.14. The number of piperidine rings is 1. The highest BCUT2D eigenvalue weighted by atomic mass is 35.5. The summed E-state index contributed by atoms with van der Waals surface area (Å²) in [6, 6.07) is 14.6. The molecule has 0 amide bonds. The van der Waals surface area contributed by atoms with Gasteiger partial charge < -0.3 is 4.74 Å². The zero-order valence-corrected chi connectivity index (χ0v) is 16.4. The number of halogens is 1. The van der Waals surface area contributed by atoms with Crippen molar-refractivity contribution >= 4 is 11.6 Å². The molecule has 0 bridgehead atoms. The van der Waals surface area contributed by atoms with E-state index in [1.807, 2.05) is 12.1 Å². The Morgan fingerprint density at radius 1 is 1.19 bits per heavy atom. The van der Waals surface area contributed by atoms with Crippen LogP contribution in [0.2, 0.25) is 5.02 Å². The van der Waals surface area contributed by atoms with Gasteiger partial charge in [0, 0.05) is 35.7 Å². The summed E-state index contributed by atoms with van der Waals surface area (Å²) < 4.78 is 5.31. The Morgan fingerprint density at radius 2 is 1.96 bits per heavy atom. The fourth-order valence-electron chi connectivity index (χ4n) is 3.68. The number of azide groups is 1. The smallest absolute Gasteiger partial charge is 0.0719 e. The maximum Gasteiger partial charge on any atom is 0.0719 e. The van der Waals surface area contributed by atoms with Gasteiger partial charge >= 0.3 is 0 Å². The highest BCUT2D eigenvalue weighted by Gasteiger charge is 2.19. The van der Waals surface area contributed by atoms with Crippen molar-refractivity contribution in [2.45, 2.75) is 26.0 Å². The van der Waals surface area contributed by atoms with E-state index < -0.39 is 0 Å². The highest BCUT2D eigenvalue weighted by Crippen LogP contribution is 2.32. The monoisotopic (exact) mass is 384 g/mol. The predicted molar refractivity (Wildman–Crippen MR) is 110 cm³/mol. The molecule has 0 N–H and O–H groups in total. The molecule has 2 aromatic carbocycles. The second-order valence-electron chi connectivity index (χ2n) is 7.04. The zero-order chi connectivity index (χ0) is 19.1. The molecule has 3 rings (SSSR count). The fraction of sp³-hybridized carbons (Fsp3) is 0.429. The second kappa shape index (κ2) is 9.77. The van der Waals surface area contributed by atoms with E-state index >= 15 is 0 Å². The van der Waals surface area contributed by atoms with Crippen LogP contribution in [0.1, 0.15) is 24.0 Å². The van der Waals surface area contributed by atoms with Gasteiger partial charge in [0.05, 0.1) is 6.61 Å². The van der Waals surface area contributed by atoms with Gasteiger partial charge in [-0.1, -0.05) is 53.1 Å². The van der Waals surface area contributed by atoms with E-state index in [1.54, 1.807) is 7.11 Å². The van der Waals surface area contributed by atoms with Gasteiger partial charge in [-0.3, -0.25) is 4.90 Å². The minimum absolute atomic E-state index is 0.514. The average molecular weight is 385 g/mol. The van der Waals surface area contributed by atoms with Gasteiger partial charge in [0.1, 0.15) is 0 Å². The molecule has 0 spiro atoms. The first-order valence-corrected chi connectivity index (χ1v) is 9.68. The van der Waals surface area contributed by atoms with Gasteiger partial charge in [0.15, 0.2) is 0 Å². The number of likely N-dealkylation sites (tertiary alicyclic amines) is 1. The van der Waals surface area contributed by atoms with E-state index in [2.05, 4.69) is 45.3 Å². The number of benzene rings is 2. The van der Waals surface area contributed by atoms with E-state index in [0.717, 1.165) is 54.2 Å². The molecule has 0 saturated carbocycles. The Morgan fingerprint density at radius 3 is 2.67 bits per heavy atom. The number of methoxy groups -OCH3 is 1. The Hall–Kier alpha value is -2.04. The molecule has 1 fully saturated rings. The lowest BCUT2D eigenvalue weighted by atomic mass is 9.96. The van der Waals surface area contributed by atoms with Gasteiger partial charge in [0.25, 0.3) is 0 Å². The topological polar surface area (TPSA) is 61.2 Å². The lowest BCUT2D eigenvalue weighted by Crippen LogP contribution is -2.34. The largest absolute Gasteiger partial charge is 0.380 e. The molecule has 0 aliphatic carbocycles. The van der Waals surface area contributed by atoms with Gasteiger partial charge in [-0.15, -0.1) is 0 Å². The molecule has 6 heteroatoms. The van der Waals surface area contributed by atoms with Crippen LogP contribution in [0.25, 0.3) is 21.6 Å². The summed E-state index contributed by atoms with van der Waals surface area (Å²) in [6.07, 6.45) is 2.16. The quantitative estimate of drug-likeness (QED) is 0.350. The van der Waals surface area contributed by atoms with Crippen LogP contribution in [0.4, 0.5) is 0 Å². The molecule has 1 aliphatic heterocycles. The summed E-state index contributed by atoms with van der Waals surface area (Å²) in [5.74, 6) is 0.514. The van der Waals surface area contributed by atoms with Crippen LogP contribution >= 0.6 is 11.6 Å². The SMILES string of the molecule is COCc1ccccc1-c1ccc(CN2CCC(CN=[N+]=[N-])CC2)cc1Cl. The van der Waals surface area contributed by atoms with E-state index in [1.165, 1.54) is 5.56 Å². The van der Waals surface area contributed by atoms with Crippen LogP contribution < -0.4 is 0 Å². The van der Waals surface area contributed by atoms with Crippen molar-refractivity contribution in [1.82, 2.24) is 4.90 Å². The van der Waals surface area contributed by atoms with Crippen molar-refractivity contribution < 1.29 is 4.74 Å². The molecule has 27 heavy (non-hydrogen) atoms. The third-order valence-corrected chi connectivity index (χ3v) is 5.47. The third-order valence-electron chi connectivity index (χ3n) is 5.16. The van der Waals surface area contributed by atoms with E-state index in [9.17, 15) is 0 Å². The minimum Gasteiger partial charge on any atom is -0.380 e. The van der Waals surface area contributed by atoms with Crippen LogP contribution in [-0.2, 0) is 17.9 Å². The standard InChI is InChI=1S/C21H25ClN4O/c1-27-15-18-4-2-3-5-19(18)20-7-6-17(12-21(20)22)14-26-10-8-16(9-11-26)13-24-25-23/h2-7,12,16H,8-11,13-15H2,1H3. The van der Waals surface area contributed by atoms with Crippen molar-refractivity contribution in [3.05, 3.63) is 69.1 Å². The summed E-state index contributed by atoms with van der Waals surface area (Å²) in [5.41, 5.74) is 13.0. The second-order valence-corrected chi connectivity index (χ2v) is 7.44. The molecule has 5 nitrogen and oxygen atoms in total. The molecular formula is C21H25ClN4O. The maximum atomic E-state index is 8.45. The fourth-order valence-corrected chi connectivity index (χ4v) is 3.98. The first-order chi connectivity index (χ1) is 13.2. The first-order valence-electron chi connectivity index (χ1n) is 9.30. The highest BCUT2D eigenvalue weighted by molar-refractivity contribution is 6.33. The number of nitrogens with zero attached hydrogens (tertiary/aromatic N) is 4. The van der Waals surface area contributed by atoms with Crippen LogP contribution in [0.15, 0.2) is 47.6 Å². The molecule has 0 atom stereocenters. The van der Waals surface area contributed by atoms with E-state index in [0.29, 0.717) is 19.1 Å². The van der Waals surface area contributed by atoms with E-state index in [-0.39, 0.29) is 0 Å². The van der Waals surface area contributed by atoms with Crippen molar-refractivity contribution in [3.63, 3.8) is 0 Å². The minimum atomic E-state index is 0.514. The van der Waals surface area contributed by atoms with Crippen LogP contribution in [0, 0.1) is 5.92 Å². The van der Waals surface area contributed by atoms with Gasteiger partial charge in [-0.05, 0) is 60.1 Å². The maximum absolute atomic E-state index is 8.45. The number of hydrogen-bond donors (Lipinski definition) is 0. The van der Waals surface area contributed by atoms with Crippen LogP contribution in [-0.4, -0.2) is 31.6 Å². The molecule has 0 aromatic heterocycles. The molecule has 1 heterocycles. The lowest BCUT2D eigenvalue weighted by Gasteiger charge is -2.31. The molecule has 2 aromatic rings. The van der Waals surface area contributed by atoms with Crippen molar-refractivity contribution in [2.24, 2.45) is 11.0 Å². The lowest BCUT2D eigenvalue weighted by molar-refractivity contribution is 0.180. The van der Waals surface area contributed by atoms with Gasteiger partial charge in [-0.25, -0.2) is 0 Å². The number of ether oxygens (including phenoxy) is 1. The molecule has 1 aliphatic rings. The summed E-state index contributed by atoms with van der Waals surface area (Å²) in [7, 11) is 1.71.